The summed E-state index contributed by atoms with van der Waals surface area (Å²) >= 11 is 0. The van der Waals surface area contributed by atoms with E-state index in [4.69, 9.17) is 4.74 Å². The zero-order valence-corrected chi connectivity index (χ0v) is 14.4. The maximum Gasteiger partial charge on any atom is 0.240 e. The lowest BCUT2D eigenvalue weighted by Crippen LogP contribution is -2.32. The van der Waals surface area contributed by atoms with Crippen LogP contribution < -0.4 is 10.0 Å². The Morgan fingerprint density at radius 1 is 1.26 bits per heavy atom. The largest absolute Gasteiger partial charge is 0.381 e. The predicted molar refractivity (Wildman–Crippen MR) is 88.7 cm³/mol. The van der Waals surface area contributed by atoms with Crippen molar-refractivity contribution in [1.29, 1.82) is 0 Å². The third kappa shape index (κ3) is 5.30. The SMILES string of the molecule is CO[C@H](C)CC(=O)Nc1ccc(S(=O)(=O)NC2CCCC2)cc1. The zero-order valence-electron chi connectivity index (χ0n) is 13.5. The number of hydrogen-bond acceptors (Lipinski definition) is 4. The first-order chi connectivity index (χ1) is 10.9. The van der Waals surface area contributed by atoms with Crippen LogP contribution in [0, 0.1) is 0 Å². The van der Waals surface area contributed by atoms with Crippen molar-refractivity contribution in [3.63, 3.8) is 0 Å². The lowest BCUT2D eigenvalue weighted by molar-refractivity contribution is -0.118. The lowest BCUT2D eigenvalue weighted by atomic mass is 10.2. The molecule has 0 aromatic heterocycles. The van der Waals surface area contributed by atoms with Crippen LogP contribution in [0.5, 0.6) is 0 Å². The lowest BCUT2D eigenvalue weighted by Gasteiger charge is -2.13. The van der Waals surface area contributed by atoms with E-state index in [1.54, 1.807) is 19.2 Å². The second kappa shape index (κ2) is 7.90. The number of carbonyl (C=O) groups is 1. The molecule has 1 aromatic carbocycles. The summed E-state index contributed by atoms with van der Waals surface area (Å²) in [4.78, 5) is 12.0. The van der Waals surface area contributed by atoms with Crippen molar-refractivity contribution in [3.8, 4) is 0 Å². The van der Waals surface area contributed by atoms with Gasteiger partial charge in [-0.2, -0.15) is 0 Å². The van der Waals surface area contributed by atoms with E-state index in [0.717, 1.165) is 25.7 Å². The van der Waals surface area contributed by atoms with E-state index >= 15 is 0 Å². The van der Waals surface area contributed by atoms with Gasteiger partial charge in [-0.1, -0.05) is 12.8 Å². The summed E-state index contributed by atoms with van der Waals surface area (Å²) in [6.07, 6.45) is 4.01. The highest BCUT2D eigenvalue weighted by Gasteiger charge is 2.22. The molecule has 128 valence electrons. The van der Waals surface area contributed by atoms with E-state index < -0.39 is 10.0 Å². The molecule has 2 N–H and O–H groups in total. The quantitative estimate of drug-likeness (QED) is 0.797. The number of benzene rings is 1. The molecule has 0 radical (unpaired) electrons. The molecule has 0 bridgehead atoms. The zero-order chi connectivity index (χ0) is 16.9. The number of ether oxygens (including phenoxy) is 1. The maximum atomic E-state index is 12.3. The summed E-state index contributed by atoms with van der Waals surface area (Å²) in [6.45, 7) is 1.81. The second-order valence-electron chi connectivity index (χ2n) is 5.93. The highest BCUT2D eigenvalue weighted by Crippen LogP contribution is 2.21. The minimum absolute atomic E-state index is 0.0370. The van der Waals surface area contributed by atoms with Crippen molar-refractivity contribution in [2.75, 3.05) is 12.4 Å². The number of carbonyl (C=O) groups excluding carboxylic acids is 1. The molecule has 6 nitrogen and oxygen atoms in total. The summed E-state index contributed by atoms with van der Waals surface area (Å²) in [5.74, 6) is -0.168. The van der Waals surface area contributed by atoms with E-state index in [1.807, 2.05) is 6.92 Å². The van der Waals surface area contributed by atoms with Gasteiger partial charge in [0.25, 0.3) is 0 Å². The van der Waals surface area contributed by atoms with E-state index in [2.05, 4.69) is 10.0 Å². The molecule has 1 fully saturated rings. The van der Waals surface area contributed by atoms with Crippen molar-refractivity contribution in [3.05, 3.63) is 24.3 Å². The monoisotopic (exact) mass is 340 g/mol. The van der Waals surface area contributed by atoms with Gasteiger partial charge >= 0.3 is 0 Å². The molecule has 1 aliphatic carbocycles. The van der Waals surface area contributed by atoms with Gasteiger partial charge in [-0.3, -0.25) is 4.79 Å². The number of hydrogen-bond donors (Lipinski definition) is 2. The van der Waals surface area contributed by atoms with Crippen LogP contribution in [-0.4, -0.2) is 33.6 Å². The van der Waals surface area contributed by atoms with Gasteiger partial charge in [-0.05, 0) is 44.0 Å². The van der Waals surface area contributed by atoms with E-state index in [-0.39, 0.29) is 29.4 Å². The first-order valence-electron chi connectivity index (χ1n) is 7.86. The second-order valence-corrected chi connectivity index (χ2v) is 7.64. The third-order valence-electron chi connectivity index (χ3n) is 4.00. The number of amides is 1. The number of methoxy groups -OCH3 is 1. The summed E-state index contributed by atoms with van der Waals surface area (Å²) in [5.41, 5.74) is 0.568. The Bertz CT molecular complexity index is 622. The molecule has 0 spiro atoms. The molecule has 1 aromatic rings. The molecule has 1 atom stereocenters. The van der Waals surface area contributed by atoms with Crippen molar-refractivity contribution in [1.82, 2.24) is 4.72 Å². The van der Waals surface area contributed by atoms with Crippen molar-refractivity contribution in [2.45, 2.75) is 56.1 Å². The third-order valence-corrected chi connectivity index (χ3v) is 5.54. The van der Waals surface area contributed by atoms with Gasteiger partial charge in [-0.25, -0.2) is 13.1 Å². The van der Waals surface area contributed by atoms with Crippen molar-refractivity contribution < 1.29 is 17.9 Å². The molecular weight excluding hydrogens is 316 g/mol. The first-order valence-corrected chi connectivity index (χ1v) is 9.34. The Hall–Kier alpha value is -1.44. The summed E-state index contributed by atoms with van der Waals surface area (Å²) in [7, 11) is -1.94. The Morgan fingerprint density at radius 2 is 1.87 bits per heavy atom. The first kappa shape index (κ1) is 17.9. The van der Waals surface area contributed by atoms with Crippen LogP contribution in [0.3, 0.4) is 0 Å². The summed E-state index contributed by atoms with van der Waals surface area (Å²) in [5, 5.41) is 2.72. The van der Waals surface area contributed by atoms with Crippen LogP contribution in [0.2, 0.25) is 0 Å². The highest BCUT2D eigenvalue weighted by molar-refractivity contribution is 7.89. The minimum atomic E-state index is -3.49. The normalized spacial score (nSPS) is 17.1. The molecule has 0 unspecified atom stereocenters. The number of nitrogens with one attached hydrogen (secondary N) is 2. The predicted octanol–water partition coefficient (Wildman–Crippen LogP) is 2.27. The molecule has 0 aliphatic heterocycles. The molecule has 0 heterocycles. The number of rotatable bonds is 7. The van der Waals surface area contributed by atoms with Crippen LogP contribution >= 0.6 is 0 Å². The fourth-order valence-electron chi connectivity index (χ4n) is 2.60. The molecule has 23 heavy (non-hydrogen) atoms. The Kier molecular flexibility index (Phi) is 6.15. The smallest absolute Gasteiger partial charge is 0.240 e. The standard InChI is InChI=1S/C16H24N2O4S/c1-12(22-2)11-16(19)17-13-7-9-15(10-8-13)23(20,21)18-14-5-3-4-6-14/h7-10,12,14,18H,3-6,11H2,1-2H3,(H,17,19)/t12-/m1/s1. The average molecular weight is 340 g/mol. The molecule has 0 saturated heterocycles. The van der Waals surface area contributed by atoms with Crippen LogP contribution in [0.1, 0.15) is 39.0 Å². The number of anilines is 1. The van der Waals surface area contributed by atoms with Crippen LogP contribution in [-0.2, 0) is 19.6 Å². The van der Waals surface area contributed by atoms with Crippen LogP contribution in [0.4, 0.5) is 5.69 Å². The Balaban J connectivity index is 1.96. The summed E-state index contributed by atoms with van der Waals surface area (Å²) < 4.78 is 32.4. The molecule has 1 aliphatic rings. The fourth-order valence-corrected chi connectivity index (χ4v) is 3.91. The van der Waals surface area contributed by atoms with Gasteiger partial charge in [0, 0.05) is 18.8 Å². The molecule has 1 saturated carbocycles. The van der Waals surface area contributed by atoms with Gasteiger partial charge in [-0.15, -0.1) is 0 Å². The van der Waals surface area contributed by atoms with Gasteiger partial charge in [0.15, 0.2) is 0 Å². The highest BCUT2D eigenvalue weighted by atomic mass is 32.2. The van der Waals surface area contributed by atoms with Crippen LogP contribution in [0.15, 0.2) is 29.2 Å². The minimum Gasteiger partial charge on any atom is -0.381 e. The molecule has 2 rings (SSSR count). The Morgan fingerprint density at radius 3 is 2.43 bits per heavy atom. The van der Waals surface area contributed by atoms with Crippen LogP contribution in [0.25, 0.3) is 0 Å². The number of sulfonamides is 1. The van der Waals surface area contributed by atoms with Gasteiger partial charge in [0.2, 0.25) is 15.9 Å². The Labute approximate surface area is 137 Å². The van der Waals surface area contributed by atoms with Gasteiger partial charge < -0.3 is 10.1 Å². The van der Waals surface area contributed by atoms with E-state index in [0.29, 0.717) is 5.69 Å². The van der Waals surface area contributed by atoms with E-state index in [1.165, 1.54) is 12.1 Å². The van der Waals surface area contributed by atoms with Gasteiger partial charge in [0.1, 0.15) is 0 Å². The fraction of sp³-hybridized carbons (Fsp3) is 0.562. The topological polar surface area (TPSA) is 84.5 Å². The van der Waals surface area contributed by atoms with Gasteiger partial charge in [0.05, 0.1) is 17.4 Å². The molecule has 1 amide bonds. The average Bonchev–Trinajstić information content (AvgIpc) is 2.99. The van der Waals surface area contributed by atoms with E-state index in [9.17, 15) is 13.2 Å². The molecule has 7 heteroatoms. The maximum absolute atomic E-state index is 12.3. The summed E-state index contributed by atoms with van der Waals surface area (Å²) in [6, 6.07) is 6.24. The molecular formula is C16H24N2O4S. The van der Waals surface area contributed by atoms with Crippen molar-refractivity contribution in [2.24, 2.45) is 0 Å². The van der Waals surface area contributed by atoms with Crippen molar-refractivity contribution >= 4 is 21.6 Å².